The minimum absolute atomic E-state index is 0.0151. The molecule has 1 aromatic heterocycles. The van der Waals surface area contributed by atoms with Crippen LogP contribution in [-0.4, -0.2) is 124 Å². The summed E-state index contributed by atoms with van der Waals surface area (Å²) in [4.78, 5) is 108. The van der Waals surface area contributed by atoms with E-state index in [0.717, 1.165) is 5.56 Å². The first kappa shape index (κ1) is 51.3. The predicted octanol–water partition coefficient (Wildman–Crippen LogP) is 4.60. The highest BCUT2D eigenvalue weighted by molar-refractivity contribution is 6.11. The zero-order valence-corrected chi connectivity index (χ0v) is 40.3. The lowest BCUT2D eigenvalue weighted by Gasteiger charge is -2.37. The number of fused-ring (bicyclic) bond motifs is 1. The molecule has 2 unspecified atom stereocenters. The Kier molecular flexibility index (Phi) is 17.3. The molecule has 7 rings (SSSR count). The molecular formula is C51H61FN10O9. The van der Waals surface area contributed by atoms with Crippen LogP contribution in [0.15, 0.2) is 72.9 Å². The Bertz CT molecular complexity index is 2570. The van der Waals surface area contributed by atoms with Crippen molar-refractivity contribution in [2.24, 2.45) is 11.8 Å². The minimum Gasteiger partial charge on any atom is -0.445 e. The van der Waals surface area contributed by atoms with Crippen LogP contribution in [0.1, 0.15) is 92.5 Å². The third-order valence-corrected chi connectivity index (χ3v) is 13.0. The van der Waals surface area contributed by atoms with Crippen LogP contribution in [0.4, 0.5) is 26.2 Å². The van der Waals surface area contributed by atoms with Crippen molar-refractivity contribution >= 4 is 64.8 Å². The highest BCUT2D eigenvalue weighted by atomic mass is 19.1. The Balaban J connectivity index is 0.856. The standard InChI is InChI=1S/C51H61FN10O9/c1-4-58-28-36(31-63)49(68)38-26-39(52)43(27-42(38)58)59-21-23-60(24-22-59)51(70)71-32-35-14-16-37(17-15-35)53-45(65)30-61-29-41(56-57-61)48(33(2)3)55-50(69)40(25-34-11-7-5-8-12-34)54-44(64)13-9-6-10-20-62-46(66)18-19-47(62)67/h5,7-8,11-12,14-17,26-27,29,31,33,36,40,48H,4,6,9-10,13,18-25,28,30,32H2,1-3H3,(H,53,65)(H,54,64)(H,55,69)/t36?,40-,48?/m1/s1. The van der Waals surface area contributed by atoms with E-state index in [1.807, 2.05) is 60.9 Å². The lowest BCUT2D eigenvalue weighted by atomic mass is 9.91. The number of nitrogens with one attached hydrogen (secondary N) is 3. The number of unbranched alkanes of at least 4 members (excludes halogenated alkanes) is 2. The molecule has 3 aliphatic heterocycles. The average molecular weight is 977 g/mol. The molecule has 3 atom stereocenters. The number of carbonyl (C=O) groups is 8. The van der Waals surface area contributed by atoms with Crippen molar-refractivity contribution in [3.05, 3.63) is 101 Å². The number of Topliss-reactive ketones (excluding diaryl/α,β-unsaturated/α-hetero) is 1. The maximum atomic E-state index is 15.3. The predicted molar refractivity (Wildman–Crippen MR) is 259 cm³/mol. The number of hydrogen-bond acceptors (Lipinski definition) is 13. The van der Waals surface area contributed by atoms with E-state index in [1.165, 1.54) is 15.6 Å². The van der Waals surface area contributed by atoms with E-state index < -0.39 is 35.8 Å². The Hall–Kier alpha value is -7.51. The maximum Gasteiger partial charge on any atom is 0.410 e. The Labute approximate surface area is 411 Å². The van der Waals surface area contributed by atoms with Crippen molar-refractivity contribution < 1.29 is 47.5 Å². The summed E-state index contributed by atoms with van der Waals surface area (Å²) in [5.41, 5.74) is 3.60. The smallest absolute Gasteiger partial charge is 0.410 e. The molecule has 0 radical (unpaired) electrons. The van der Waals surface area contributed by atoms with E-state index in [1.54, 1.807) is 41.4 Å². The molecule has 19 nitrogen and oxygen atoms in total. The summed E-state index contributed by atoms with van der Waals surface area (Å²) in [7, 11) is 0. The first-order valence-electron chi connectivity index (χ1n) is 24.2. The Morgan fingerprint density at radius 1 is 0.859 bits per heavy atom. The fourth-order valence-electron chi connectivity index (χ4n) is 8.97. The molecule has 4 aromatic rings. The van der Waals surface area contributed by atoms with Gasteiger partial charge in [-0.3, -0.25) is 33.7 Å². The number of nitrogens with zero attached hydrogens (tertiary/aromatic N) is 7. The van der Waals surface area contributed by atoms with Gasteiger partial charge in [0.1, 0.15) is 37.0 Å². The first-order chi connectivity index (χ1) is 34.2. The van der Waals surface area contributed by atoms with E-state index in [-0.39, 0.29) is 86.3 Å². The van der Waals surface area contributed by atoms with Crippen LogP contribution in [0.3, 0.4) is 0 Å². The van der Waals surface area contributed by atoms with E-state index >= 15 is 4.39 Å². The first-order valence-corrected chi connectivity index (χ1v) is 24.2. The number of anilines is 3. The van der Waals surface area contributed by atoms with Crippen LogP contribution < -0.4 is 25.8 Å². The van der Waals surface area contributed by atoms with Gasteiger partial charge in [-0.05, 0) is 61.1 Å². The number of rotatable bonds is 21. The summed E-state index contributed by atoms with van der Waals surface area (Å²) in [6.45, 7) is 7.95. The van der Waals surface area contributed by atoms with Gasteiger partial charge in [0.2, 0.25) is 29.5 Å². The molecule has 3 aliphatic rings. The van der Waals surface area contributed by atoms with Crippen LogP contribution in [0.2, 0.25) is 0 Å². The van der Waals surface area contributed by atoms with Crippen molar-refractivity contribution in [2.45, 2.75) is 91.0 Å². The molecule has 0 saturated carbocycles. The van der Waals surface area contributed by atoms with Gasteiger partial charge in [0, 0.05) is 88.4 Å². The molecule has 20 heteroatoms. The van der Waals surface area contributed by atoms with E-state index in [2.05, 4.69) is 26.3 Å². The molecule has 2 fully saturated rings. The number of amides is 6. The number of aromatic nitrogens is 3. The monoisotopic (exact) mass is 976 g/mol. The van der Waals surface area contributed by atoms with Crippen LogP contribution in [-0.2, 0) is 53.1 Å². The van der Waals surface area contributed by atoms with E-state index in [4.69, 9.17) is 4.74 Å². The lowest BCUT2D eigenvalue weighted by Crippen LogP contribution is -2.49. The van der Waals surface area contributed by atoms with Gasteiger partial charge >= 0.3 is 6.09 Å². The van der Waals surface area contributed by atoms with Crippen molar-refractivity contribution in [3.8, 4) is 0 Å². The third-order valence-electron chi connectivity index (χ3n) is 13.0. The quantitative estimate of drug-likeness (QED) is 0.0450. The van der Waals surface area contributed by atoms with Crippen LogP contribution in [0, 0.1) is 17.7 Å². The summed E-state index contributed by atoms with van der Waals surface area (Å²) >= 11 is 0. The van der Waals surface area contributed by atoms with Gasteiger partial charge in [0.25, 0.3) is 0 Å². The number of likely N-dealkylation sites (tertiary alicyclic amines) is 1. The average Bonchev–Trinajstić information content (AvgIpc) is 3.96. The molecule has 0 aliphatic carbocycles. The lowest BCUT2D eigenvalue weighted by molar-refractivity contribution is -0.138. The SMILES string of the molecule is CCN1CC(C=O)C(=O)c2cc(F)c(N3CCN(C(=O)OCc4ccc(NC(=O)Cn5cc(C(NC(=O)[C@@H](Cc6ccccc6)NC(=O)CCCCCN6C(=O)CCC6=O)C(C)C)nn5)cc4)CC3)cc21. The highest BCUT2D eigenvalue weighted by Gasteiger charge is 2.34. The Morgan fingerprint density at radius 2 is 1.58 bits per heavy atom. The molecule has 376 valence electrons. The van der Waals surface area contributed by atoms with Crippen LogP contribution >= 0.6 is 0 Å². The molecule has 3 N–H and O–H groups in total. The second kappa shape index (κ2) is 23.9. The summed E-state index contributed by atoms with van der Waals surface area (Å²) in [6.07, 6.45) is 4.35. The molecule has 3 aromatic carbocycles. The fourth-order valence-corrected chi connectivity index (χ4v) is 8.97. The van der Waals surface area contributed by atoms with E-state index in [0.29, 0.717) is 93.1 Å². The van der Waals surface area contributed by atoms with Gasteiger partial charge in [-0.25, -0.2) is 13.9 Å². The largest absolute Gasteiger partial charge is 0.445 e. The van der Waals surface area contributed by atoms with Gasteiger partial charge in [-0.15, -0.1) is 5.10 Å². The normalized spacial score (nSPS) is 16.7. The zero-order valence-electron chi connectivity index (χ0n) is 40.3. The number of benzene rings is 3. The number of carbonyl (C=O) groups excluding carboxylic acids is 8. The number of hydrogen-bond donors (Lipinski definition) is 3. The molecule has 6 amide bonds. The molecule has 4 heterocycles. The molecule has 71 heavy (non-hydrogen) atoms. The number of aldehydes is 1. The van der Waals surface area contributed by atoms with Gasteiger partial charge in [-0.1, -0.05) is 67.9 Å². The van der Waals surface area contributed by atoms with Gasteiger partial charge in [0.05, 0.1) is 23.8 Å². The Morgan fingerprint density at radius 3 is 2.25 bits per heavy atom. The summed E-state index contributed by atoms with van der Waals surface area (Å²) < 4.78 is 22.3. The second-order valence-corrected chi connectivity index (χ2v) is 18.4. The molecule has 0 bridgehead atoms. The number of imide groups is 1. The molecular weight excluding hydrogens is 916 g/mol. The maximum absolute atomic E-state index is 15.3. The topological polar surface area (TPSA) is 226 Å². The second-order valence-electron chi connectivity index (χ2n) is 18.4. The minimum atomic E-state index is -0.892. The molecule has 0 spiro atoms. The molecule has 2 saturated heterocycles. The fraction of sp³-hybridized carbons (Fsp3) is 0.451. The van der Waals surface area contributed by atoms with Gasteiger partial charge < -0.3 is 40.2 Å². The number of halogens is 1. The van der Waals surface area contributed by atoms with Crippen molar-refractivity contribution in [2.75, 3.05) is 60.9 Å². The van der Waals surface area contributed by atoms with Crippen molar-refractivity contribution in [1.29, 1.82) is 0 Å². The number of ether oxygens (including phenoxy) is 1. The van der Waals surface area contributed by atoms with Crippen LogP contribution in [0.5, 0.6) is 0 Å². The van der Waals surface area contributed by atoms with Gasteiger partial charge in [-0.2, -0.15) is 0 Å². The number of ketones is 1. The summed E-state index contributed by atoms with van der Waals surface area (Å²) in [5.74, 6) is -3.32. The summed E-state index contributed by atoms with van der Waals surface area (Å²) in [6, 6.07) is 17.5. The third kappa shape index (κ3) is 13.2. The van der Waals surface area contributed by atoms with Crippen molar-refractivity contribution in [3.63, 3.8) is 0 Å². The van der Waals surface area contributed by atoms with Crippen molar-refractivity contribution in [1.82, 2.24) is 35.4 Å². The zero-order chi connectivity index (χ0) is 50.6. The van der Waals surface area contributed by atoms with Gasteiger partial charge in [0.15, 0.2) is 5.78 Å². The van der Waals surface area contributed by atoms with E-state index in [9.17, 15) is 38.4 Å². The van der Waals surface area contributed by atoms with Crippen LogP contribution in [0.25, 0.3) is 0 Å². The highest BCUT2D eigenvalue weighted by Crippen LogP contribution is 2.35. The summed E-state index contributed by atoms with van der Waals surface area (Å²) in [5, 5.41) is 17.2. The number of piperazine rings is 1.